The Bertz CT molecular complexity index is 998. The molecule has 0 fully saturated rings. The van der Waals surface area contributed by atoms with Crippen LogP contribution in [0.4, 0.5) is 4.39 Å². The van der Waals surface area contributed by atoms with Crippen LogP contribution in [0.1, 0.15) is 19.4 Å². The first-order chi connectivity index (χ1) is 12.8. The number of aliphatic hydroxyl groups excluding tert-OH is 1. The number of ether oxygens (including phenoxy) is 1. The maximum Gasteiger partial charge on any atom is 0.155 e. The number of hydrogen-bond donors (Lipinski definition) is 1. The fraction of sp³-hybridized carbons (Fsp3) is 0.182. The predicted molar refractivity (Wildman–Crippen MR) is 104 cm³/mol. The summed E-state index contributed by atoms with van der Waals surface area (Å²) in [4.78, 5) is 14.6. The zero-order chi connectivity index (χ0) is 20.0. The largest absolute Gasteiger partial charge is 0.516 e. The summed E-state index contributed by atoms with van der Waals surface area (Å²) in [6, 6.07) is 15.7. The first kappa shape index (κ1) is 23.5. The first-order valence-electron chi connectivity index (χ1n) is 8.31. The van der Waals surface area contributed by atoms with E-state index in [0.29, 0.717) is 5.56 Å². The fourth-order valence-electron chi connectivity index (χ4n) is 2.41. The summed E-state index contributed by atoms with van der Waals surface area (Å²) in [6.45, 7) is 4.59. The monoisotopic (exact) mass is 559 g/mol. The molecule has 4 nitrogen and oxygen atoms in total. The summed E-state index contributed by atoms with van der Waals surface area (Å²) in [5.41, 5.74) is 3.02. The van der Waals surface area contributed by atoms with Crippen molar-refractivity contribution in [2.24, 2.45) is 0 Å². The number of aliphatic hydroxyl groups is 1. The van der Waals surface area contributed by atoms with Gasteiger partial charge in [-0.25, -0.2) is 4.39 Å². The van der Waals surface area contributed by atoms with Crippen LogP contribution >= 0.6 is 0 Å². The zero-order valence-electron chi connectivity index (χ0n) is 16.0. The molecule has 28 heavy (non-hydrogen) atoms. The van der Waals surface area contributed by atoms with Crippen molar-refractivity contribution in [3.63, 3.8) is 0 Å². The zero-order valence-corrected chi connectivity index (χ0v) is 18.4. The van der Waals surface area contributed by atoms with E-state index in [1.54, 1.807) is 26.2 Å². The van der Waals surface area contributed by atoms with Crippen LogP contribution in [-0.4, -0.2) is 23.0 Å². The molecular weight excluding hydrogens is 537 g/mol. The maximum absolute atomic E-state index is 13.5. The molecule has 3 aromatic rings. The Hall–Kier alpha value is -2.56. The van der Waals surface area contributed by atoms with Gasteiger partial charge in [-0.3, -0.25) is 9.78 Å². The van der Waals surface area contributed by atoms with E-state index in [9.17, 15) is 9.18 Å². The average Bonchev–Trinajstić information content (AvgIpc) is 2.62. The third-order valence-electron chi connectivity index (χ3n) is 3.67. The molecule has 1 radical (unpaired) electrons. The molecule has 0 unspecified atom stereocenters. The van der Waals surface area contributed by atoms with Crippen LogP contribution in [0, 0.1) is 18.8 Å². The summed E-state index contributed by atoms with van der Waals surface area (Å²) < 4.78 is 18.7. The third kappa shape index (κ3) is 6.55. The summed E-state index contributed by atoms with van der Waals surface area (Å²) in [6.07, 6.45) is 1.17. The minimum atomic E-state index is -0.208. The molecule has 149 valence electrons. The van der Waals surface area contributed by atoms with Crippen molar-refractivity contribution in [3.05, 3.63) is 71.7 Å². The molecule has 2 aromatic carbocycles. The molecule has 1 N–H and O–H groups in total. The fourth-order valence-corrected chi connectivity index (χ4v) is 2.41. The number of pyridine rings is 1. The van der Waals surface area contributed by atoms with Crippen LogP contribution in [0.2, 0.25) is 0 Å². The van der Waals surface area contributed by atoms with Gasteiger partial charge in [-0.15, -0.1) is 29.8 Å². The Morgan fingerprint density at radius 1 is 1.21 bits per heavy atom. The van der Waals surface area contributed by atoms with Gasteiger partial charge in [0.25, 0.3) is 0 Å². The van der Waals surface area contributed by atoms with Crippen LogP contribution in [0.15, 0.2) is 54.3 Å². The van der Waals surface area contributed by atoms with Gasteiger partial charge in [0, 0.05) is 37.3 Å². The first-order valence-corrected chi connectivity index (χ1v) is 8.31. The number of methoxy groups -OCH3 is 1. The maximum atomic E-state index is 13.5. The van der Waals surface area contributed by atoms with Crippen molar-refractivity contribution in [2.45, 2.75) is 20.8 Å². The molecule has 0 aliphatic rings. The molecule has 0 bridgehead atoms. The molecular formula is C22H21FIrNO3-. The van der Waals surface area contributed by atoms with Crippen LogP contribution in [0.25, 0.3) is 22.2 Å². The number of nitrogens with zero attached hydrogens (tertiary/aromatic N) is 1. The molecule has 0 saturated carbocycles. The molecule has 0 saturated heterocycles. The van der Waals surface area contributed by atoms with Gasteiger partial charge in [0.15, 0.2) is 5.78 Å². The number of carbonyl (C=O) groups is 1. The molecule has 6 heteroatoms. The molecule has 0 amide bonds. The summed E-state index contributed by atoms with van der Waals surface area (Å²) in [7, 11) is 1.62. The number of aryl methyl sites for hydroxylation is 1. The normalized spacial score (nSPS) is 10.5. The van der Waals surface area contributed by atoms with Gasteiger partial charge in [0.05, 0.1) is 18.4 Å². The predicted octanol–water partition coefficient (Wildman–Crippen LogP) is 5.19. The van der Waals surface area contributed by atoms with Crippen molar-refractivity contribution < 1.29 is 39.1 Å². The molecule has 0 atom stereocenters. The quantitative estimate of drug-likeness (QED) is 0.273. The van der Waals surface area contributed by atoms with Crippen LogP contribution in [-0.2, 0) is 24.9 Å². The SMILES string of the molecule is CC(=O)/C=C(/C)O.COc1cc[c-]c(-c2ccc3cc(F)c(C)cc3n2)c1.[Ir]. The van der Waals surface area contributed by atoms with Gasteiger partial charge in [0.1, 0.15) is 5.82 Å². The molecule has 0 aliphatic carbocycles. The molecule has 3 rings (SSSR count). The van der Waals surface area contributed by atoms with E-state index in [1.165, 1.54) is 26.0 Å². The van der Waals surface area contributed by atoms with Gasteiger partial charge in [0.2, 0.25) is 0 Å². The van der Waals surface area contributed by atoms with Crippen molar-refractivity contribution in [3.8, 4) is 17.0 Å². The Morgan fingerprint density at radius 2 is 1.93 bits per heavy atom. The number of fused-ring (bicyclic) bond motifs is 1. The number of ketones is 1. The van der Waals surface area contributed by atoms with Gasteiger partial charge >= 0.3 is 0 Å². The number of benzene rings is 2. The Kier molecular flexibility index (Phi) is 8.96. The second-order valence-corrected chi connectivity index (χ2v) is 6.03. The number of rotatable bonds is 3. The van der Waals surface area contributed by atoms with Crippen LogP contribution in [0.3, 0.4) is 0 Å². The number of hydrogen-bond acceptors (Lipinski definition) is 4. The smallest absolute Gasteiger partial charge is 0.155 e. The number of aromatic nitrogens is 1. The summed E-state index contributed by atoms with van der Waals surface area (Å²) in [5.74, 6) is 0.489. The minimum Gasteiger partial charge on any atom is -0.516 e. The number of carbonyl (C=O) groups excluding carboxylic acids is 1. The van der Waals surface area contributed by atoms with Gasteiger partial charge in [-0.05, 0) is 44.2 Å². The van der Waals surface area contributed by atoms with Gasteiger partial charge in [-0.1, -0.05) is 12.1 Å². The van der Waals surface area contributed by atoms with Crippen LogP contribution < -0.4 is 4.74 Å². The number of allylic oxidation sites excluding steroid dienone is 2. The minimum absolute atomic E-state index is 0. The van der Waals surface area contributed by atoms with Crippen LogP contribution in [0.5, 0.6) is 5.75 Å². The second kappa shape index (κ2) is 10.7. The van der Waals surface area contributed by atoms with E-state index in [0.717, 1.165) is 27.9 Å². The number of halogens is 1. The summed E-state index contributed by atoms with van der Waals surface area (Å²) in [5, 5.41) is 9.15. The standard InChI is InChI=1S/C17H13FNO.C5H8O2.Ir/c1-11-8-17-13(10-15(11)18)6-7-16(19-17)12-4-3-5-14(9-12)20-2;1-4(6)3-5(2)7;/h3,5-10H,1-2H3;3,6H,1-2H3;/q-1;;/b;4-3-;. The van der Waals surface area contributed by atoms with E-state index in [2.05, 4.69) is 11.1 Å². The molecule has 0 spiro atoms. The van der Waals surface area contributed by atoms with Gasteiger partial charge < -0.3 is 9.84 Å². The molecule has 1 heterocycles. The van der Waals surface area contributed by atoms with E-state index >= 15 is 0 Å². The van der Waals surface area contributed by atoms with E-state index in [-0.39, 0.29) is 37.5 Å². The van der Waals surface area contributed by atoms with Crippen molar-refractivity contribution in [1.29, 1.82) is 0 Å². The summed E-state index contributed by atoms with van der Waals surface area (Å²) >= 11 is 0. The van der Waals surface area contributed by atoms with E-state index in [4.69, 9.17) is 9.84 Å². The average molecular weight is 559 g/mol. The Morgan fingerprint density at radius 3 is 2.50 bits per heavy atom. The van der Waals surface area contributed by atoms with E-state index in [1.807, 2.05) is 24.3 Å². The van der Waals surface area contributed by atoms with Crippen molar-refractivity contribution in [1.82, 2.24) is 4.98 Å². The molecule has 1 aromatic heterocycles. The topological polar surface area (TPSA) is 59.4 Å². The second-order valence-electron chi connectivity index (χ2n) is 6.03. The molecule has 0 aliphatic heterocycles. The van der Waals surface area contributed by atoms with Crippen molar-refractivity contribution >= 4 is 16.7 Å². The third-order valence-corrected chi connectivity index (χ3v) is 3.67. The van der Waals surface area contributed by atoms with Gasteiger partial charge in [-0.2, -0.15) is 0 Å². The Balaban J connectivity index is 0.000000425. The van der Waals surface area contributed by atoms with Crippen molar-refractivity contribution in [2.75, 3.05) is 7.11 Å². The Labute approximate surface area is 177 Å². The van der Waals surface area contributed by atoms with E-state index < -0.39 is 0 Å².